The number of ether oxygens (including phenoxy) is 1. The van der Waals surface area contributed by atoms with Crippen molar-refractivity contribution in [1.82, 2.24) is 24.7 Å². The average molecular weight is 458 g/mol. The third-order valence-corrected chi connectivity index (χ3v) is 6.42. The molecule has 1 N–H and O–H groups in total. The Hall–Kier alpha value is -2.94. The number of rotatable bonds is 7. The van der Waals surface area contributed by atoms with Crippen molar-refractivity contribution in [3.05, 3.63) is 47.4 Å². The second-order valence-corrected chi connectivity index (χ2v) is 8.82. The molecule has 1 aliphatic carbocycles. The van der Waals surface area contributed by atoms with Gasteiger partial charge in [0.25, 0.3) is 0 Å². The Kier molecular flexibility index (Phi) is 5.82. The van der Waals surface area contributed by atoms with E-state index in [4.69, 9.17) is 16.3 Å². The summed E-state index contributed by atoms with van der Waals surface area (Å²) < 4.78 is 20.4. The number of hydrogen-bond donors (Lipinski definition) is 1. The zero-order chi connectivity index (χ0) is 22.1. The first kappa shape index (κ1) is 20.9. The SMILES string of the molecule is Cc1cc(N2CC3CCC(C2)C3Nc2nc(Oc3cccc(Cl)c3)n(CCF)n2)ncn1. The first-order valence-corrected chi connectivity index (χ1v) is 11.2. The molecule has 0 spiro atoms. The molecule has 3 aromatic rings. The Morgan fingerprint density at radius 1 is 1.19 bits per heavy atom. The molecule has 2 atom stereocenters. The van der Waals surface area contributed by atoms with Gasteiger partial charge in [-0.05, 0) is 49.8 Å². The molecule has 1 saturated carbocycles. The molecule has 2 unspecified atom stereocenters. The van der Waals surface area contributed by atoms with Crippen LogP contribution in [-0.2, 0) is 6.54 Å². The number of alkyl halides is 1. The van der Waals surface area contributed by atoms with E-state index in [2.05, 4.69) is 30.3 Å². The lowest BCUT2D eigenvalue weighted by molar-refractivity contribution is 0.363. The Bertz CT molecular complexity index is 1080. The van der Waals surface area contributed by atoms with E-state index in [0.717, 1.165) is 37.4 Å². The van der Waals surface area contributed by atoms with Crippen LogP contribution in [0.1, 0.15) is 18.5 Å². The molecule has 0 amide bonds. The largest absolute Gasteiger partial charge is 0.424 e. The molecule has 1 saturated heterocycles. The van der Waals surface area contributed by atoms with Crippen LogP contribution in [-0.4, -0.2) is 50.5 Å². The highest BCUT2D eigenvalue weighted by atomic mass is 35.5. The monoisotopic (exact) mass is 457 g/mol. The highest BCUT2D eigenvalue weighted by Crippen LogP contribution is 2.39. The van der Waals surface area contributed by atoms with Gasteiger partial charge in [0.05, 0.1) is 6.54 Å². The van der Waals surface area contributed by atoms with Crippen LogP contribution in [0.15, 0.2) is 36.7 Å². The lowest BCUT2D eigenvalue weighted by atomic mass is 9.92. The van der Waals surface area contributed by atoms with Crippen molar-refractivity contribution >= 4 is 23.4 Å². The predicted octanol–water partition coefficient (Wildman–Crippen LogP) is 4.12. The molecule has 0 radical (unpaired) electrons. The van der Waals surface area contributed by atoms with Crippen LogP contribution in [0.5, 0.6) is 11.8 Å². The van der Waals surface area contributed by atoms with E-state index in [1.165, 1.54) is 4.68 Å². The number of nitrogens with zero attached hydrogens (tertiary/aromatic N) is 6. The van der Waals surface area contributed by atoms with Gasteiger partial charge in [-0.3, -0.25) is 0 Å². The van der Waals surface area contributed by atoms with Crippen LogP contribution >= 0.6 is 11.6 Å². The number of hydrogen-bond acceptors (Lipinski definition) is 7. The van der Waals surface area contributed by atoms with Gasteiger partial charge >= 0.3 is 6.01 Å². The van der Waals surface area contributed by atoms with Crippen molar-refractivity contribution in [2.24, 2.45) is 11.8 Å². The maximum absolute atomic E-state index is 13.1. The molecule has 5 rings (SSSR count). The summed E-state index contributed by atoms with van der Waals surface area (Å²) in [6.07, 6.45) is 3.90. The summed E-state index contributed by atoms with van der Waals surface area (Å²) in [6.45, 7) is 3.33. The third kappa shape index (κ3) is 4.34. The highest BCUT2D eigenvalue weighted by Gasteiger charge is 2.43. The van der Waals surface area contributed by atoms with Crippen molar-refractivity contribution in [3.63, 3.8) is 0 Å². The summed E-state index contributed by atoms with van der Waals surface area (Å²) in [5, 5.41) is 8.53. The molecule has 1 aliphatic heterocycles. The smallest absolute Gasteiger partial charge is 0.322 e. The summed E-state index contributed by atoms with van der Waals surface area (Å²) in [4.78, 5) is 15.5. The first-order chi connectivity index (χ1) is 15.6. The number of aromatic nitrogens is 5. The van der Waals surface area contributed by atoms with Gasteiger partial charge in [0.15, 0.2) is 0 Å². The fourth-order valence-electron chi connectivity index (χ4n) is 4.73. The molecule has 1 aromatic carbocycles. The molecule has 8 nitrogen and oxygen atoms in total. The van der Waals surface area contributed by atoms with Gasteiger partial charge in [-0.25, -0.2) is 19.0 Å². The lowest BCUT2D eigenvalue weighted by Gasteiger charge is -2.38. The van der Waals surface area contributed by atoms with Crippen LogP contribution in [0, 0.1) is 18.8 Å². The number of piperidine rings is 1. The van der Waals surface area contributed by atoms with Crippen molar-refractivity contribution in [2.45, 2.75) is 32.4 Å². The number of aryl methyl sites for hydroxylation is 2. The summed E-state index contributed by atoms with van der Waals surface area (Å²) in [7, 11) is 0. The van der Waals surface area contributed by atoms with Crippen LogP contribution < -0.4 is 15.0 Å². The fourth-order valence-corrected chi connectivity index (χ4v) is 4.91. The molecule has 32 heavy (non-hydrogen) atoms. The van der Waals surface area contributed by atoms with Gasteiger partial charge in [0.2, 0.25) is 5.95 Å². The van der Waals surface area contributed by atoms with E-state index in [0.29, 0.717) is 28.6 Å². The first-order valence-electron chi connectivity index (χ1n) is 10.8. The molecule has 2 bridgehead atoms. The molecule has 2 aliphatic rings. The molecule has 3 heterocycles. The molecule has 2 fully saturated rings. The normalized spacial score (nSPS) is 22.2. The van der Waals surface area contributed by atoms with Crippen molar-refractivity contribution in [2.75, 3.05) is 30.0 Å². The van der Waals surface area contributed by atoms with E-state index in [9.17, 15) is 4.39 Å². The molecule has 168 valence electrons. The minimum absolute atomic E-state index is 0.0724. The van der Waals surface area contributed by atoms with E-state index >= 15 is 0 Å². The number of anilines is 2. The maximum Gasteiger partial charge on any atom is 0.322 e. The maximum atomic E-state index is 13.1. The third-order valence-electron chi connectivity index (χ3n) is 6.18. The van der Waals surface area contributed by atoms with Gasteiger partial charge in [0.1, 0.15) is 24.6 Å². The van der Waals surface area contributed by atoms with Gasteiger partial charge in [0, 0.05) is 35.9 Å². The van der Waals surface area contributed by atoms with E-state index in [1.807, 2.05) is 13.0 Å². The summed E-state index contributed by atoms with van der Waals surface area (Å²) >= 11 is 6.04. The summed E-state index contributed by atoms with van der Waals surface area (Å²) in [5.41, 5.74) is 0.970. The van der Waals surface area contributed by atoms with Crippen LogP contribution in [0.3, 0.4) is 0 Å². The highest BCUT2D eigenvalue weighted by molar-refractivity contribution is 6.30. The molecular formula is C22H25ClFN7O. The quantitative estimate of drug-likeness (QED) is 0.571. The van der Waals surface area contributed by atoms with Gasteiger partial charge in [-0.1, -0.05) is 17.7 Å². The second-order valence-electron chi connectivity index (χ2n) is 8.38. The number of fused-ring (bicyclic) bond motifs is 2. The predicted molar refractivity (Wildman–Crippen MR) is 120 cm³/mol. The van der Waals surface area contributed by atoms with E-state index in [1.54, 1.807) is 30.6 Å². The van der Waals surface area contributed by atoms with Crippen molar-refractivity contribution < 1.29 is 9.13 Å². The average Bonchev–Trinajstić information content (AvgIpc) is 3.23. The summed E-state index contributed by atoms with van der Waals surface area (Å²) in [6, 6.07) is 9.55. The van der Waals surface area contributed by atoms with Crippen LogP contribution in [0.4, 0.5) is 16.2 Å². The Labute approximate surface area is 190 Å². The molecule has 10 heteroatoms. The molecular weight excluding hydrogens is 433 g/mol. The van der Waals surface area contributed by atoms with Gasteiger partial charge < -0.3 is 15.0 Å². The van der Waals surface area contributed by atoms with Crippen LogP contribution in [0.2, 0.25) is 5.02 Å². The lowest BCUT2D eigenvalue weighted by Crippen LogP contribution is -2.48. The number of nitrogens with one attached hydrogen (secondary N) is 1. The zero-order valence-electron chi connectivity index (χ0n) is 17.8. The Morgan fingerprint density at radius 2 is 2.00 bits per heavy atom. The Morgan fingerprint density at radius 3 is 2.72 bits per heavy atom. The minimum Gasteiger partial charge on any atom is -0.424 e. The molecule has 2 aromatic heterocycles. The van der Waals surface area contributed by atoms with Gasteiger partial charge in [-0.2, -0.15) is 4.98 Å². The number of benzene rings is 1. The fraction of sp³-hybridized carbons (Fsp3) is 0.455. The van der Waals surface area contributed by atoms with Gasteiger partial charge in [-0.15, -0.1) is 5.10 Å². The van der Waals surface area contributed by atoms with E-state index < -0.39 is 6.67 Å². The van der Waals surface area contributed by atoms with Crippen molar-refractivity contribution in [1.29, 1.82) is 0 Å². The van der Waals surface area contributed by atoms with Crippen LogP contribution in [0.25, 0.3) is 0 Å². The van der Waals surface area contributed by atoms with E-state index in [-0.39, 0.29) is 18.6 Å². The topological polar surface area (TPSA) is 81.0 Å². The summed E-state index contributed by atoms with van der Waals surface area (Å²) in [5.74, 6) is 2.88. The Balaban J connectivity index is 1.31. The number of halogens is 2. The zero-order valence-corrected chi connectivity index (χ0v) is 18.5. The van der Waals surface area contributed by atoms with Crippen molar-refractivity contribution in [3.8, 4) is 11.8 Å². The minimum atomic E-state index is -0.559. The second kappa shape index (κ2) is 8.90. The standard InChI is InChI=1S/C22H25ClFN7O/c1-14-9-19(26-13-25-14)30-11-15-5-6-16(12-30)20(15)27-21-28-22(31(29-21)8-7-24)32-18-4-2-3-17(23)10-18/h2-4,9-10,13,15-16,20H,5-8,11-12H2,1H3,(H,27,29).